The molecule has 0 saturated carbocycles. The molecule has 122 valence electrons. The SMILES string of the molecule is Cc1ccc(C(=O)NCC(c2ccco2)N2CCCC2)c(=O)[nH]1. The van der Waals surface area contributed by atoms with Crippen LogP contribution in [-0.4, -0.2) is 35.4 Å². The zero-order chi connectivity index (χ0) is 16.2. The van der Waals surface area contributed by atoms with Crippen molar-refractivity contribution in [3.63, 3.8) is 0 Å². The fraction of sp³-hybridized carbons (Fsp3) is 0.412. The summed E-state index contributed by atoms with van der Waals surface area (Å²) in [7, 11) is 0. The van der Waals surface area contributed by atoms with Crippen LogP contribution in [0.5, 0.6) is 0 Å². The van der Waals surface area contributed by atoms with E-state index in [2.05, 4.69) is 15.2 Å². The number of furan rings is 1. The minimum absolute atomic E-state index is 0.000907. The zero-order valence-corrected chi connectivity index (χ0v) is 13.2. The second-order valence-corrected chi connectivity index (χ2v) is 5.87. The maximum absolute atomic E-state index is 12.3. The van der Waals surface area contributed by atoms with Gasteiger partial charge < -0.3 is 14.7 Å². The van der Waals surface area contributed by atoms with Crippen LogP contribution in [0.25, 0.3) is 0 Å². The highest BCUT2D eigenvalue weighted by molar-refractivity contribution is 5.93. The molecule has 6 nitrogen and oxygen atoms in total. The largest absolute Gasteiger partial charge is 0.468 e. The third kappa shape index (κ3) is 3.53. The minimum atomic E-state index is -0.363. The molecule has 0 aromatic carbocycles. The van der Waals surface area contributed by atoms with Gasteiger partial charge in [-0.3, -0.25) is 14.5 Å². The molecule has 1 unspecified atom stereocenters. The van der Waals surface area contributed by atoms with Gasteiger partial charge in [0.25, 0.3) is 11.5 Å². The number of carbonyl (C=O) groups is 1. The lowest BCUT2D eigenvalue weighted by atomic mass is 10.1. The summed E-state index contributed by atoms with van der Waals surface area (Å²) < 4.78 is 5.52. The fourth-order valence-corrected chi connectivity index (χ4v) is 2.98. The molecule has 0 radical (unpaired) electrons. The molecule has 3 rings (SSSR count). The molecule has 23 heavy (non-hydrogen) atoms. The van der Waals surface area contributed by atoms with Crippen molar-refractivity contribution in [2.45, 2.75) is 25.8 Å². The Bertz CT molecular complexity index is 715. The van der Waals surface area contributed by atoms with Gasteiger partial charge in [-0.15, -0.1) is 0 Å². The fourth-order valence-electron chi connectivity index (χ4n) is 2.98. The van der Waals surface area contributed by atoms with Crippen LogP contribution in [0, 0.1) is 6.92 Å². The first kappa shape index (κ1) is 15.6. The van der Waals surface area contributed by atoms with Crippen LogP contribution in [-0.2, 0) is 0 Å². The van der Waals surface area contributed by atoms with Gasteiger partial charge in [0.15, 0.2) is 0 Å². The average Bonchev–Trinajstić information content (AvgIpc) is 3.21. The van der Waals surface area contributed by atoms with E-state index in [1.54, 1.807) is 25.3 Å². The molecular weight excluding hydrogens is 294 g/mol. The van der Waals surface area contributed by atoms with Crippen LogP contribution in [0.3, 0.4) is 0 Å². The monoisotopic (exact) mass is 315 g/mol. The predicted molar refractivity (Wildman–Crippen MR) is 86.4 cm³/mol. The van der Waals surface area contributed by atoms with E-state index in [4.69, 9.17) is 4.42 Å². The molecule has 0 bridgehead atoms. The quantitative estimate of drug-likeness (QED) is 0.882. The highest BCUT2D eigenvalue weighted by Crippen LogP contribution is 2.24. The molecule has 1 saturated heterocycles. The highest BCUT2D eigenvalue weighted by Gasteiger charge is 2.26. The molecule has 1 aliphatic heterocycles. The summed E-state index contributed by atoms with van der Waals surface area (Å²) in [6.07, 6.45) is 3.95. The number of aryl methyl sites for hydroxylation is 1. The van der Waals surface area contributed by atoms with Crippen molar-refractivity contribution >= 4 is 5.91 Å². The Kier molecular flexibility index (Phi) is 4.62. The van der Waals surface area contributed by atoms with E-state index in [1.165, 1.54) is 0 Å². The molecule has 3 heterocycles. The number of carbonyl (C=O) groups excluding carboxylic acids is 1. The number of nitrogens with zero attached hydrogens (tertiary/aromatic N) is 1. The number of aromatic amines is 1. The van der Waals surface area contributed by atoms with Crippen molar-refractivity contribution < 1.29 is 9.21 Å². The first-order valence-corrected chi connectivity index (χ1v) is 7.91. The number of rotatable bonds is 5. The maximum atomic E-state index is 12.3. The number of nitrogens with one attached hydrogen (secondary N) is 2. The lowest BCUT2D eigenvalue weighted by Gasteiger charge is -2.25. The van der Waals surface area contributed by atoms with Gasteiger partial charge >= 0.3 is 0 Å². The second kappa shape index (κ2) is 6.83. The Morgan fingerprint density at radius 1 is 1.35 bits per heavy atom. The lowest BCUT2D eigenvalue weighted by Crippen LogP contribution is -2.38. The lowest BCUT2D eigenvalue weighted by molar-refractivity contribution is 0.0932. The Balaban J connectivity index is 1.71. The second-order valence-electron chi connectivity index (χ2n) is 5.87. The van der Waals surface area contributed by atoms with Gasteiger partial charge in [0, 0.05) is 12.2 Å². The summed E-state index contributed by atoms with van der Waals surface area (Å²) in [6.45, 7) is 4.18. The molecule has 1 fully saturated rings. The maximum Gasteiger partial charge on any atom is 0.260 e. The summed E-state index contributed by atoms with van der Waals surface area (Å²) in [6, 6.07) is 7.06. The number of amides is 1. The Morgan fingerprint density at radius 2 is 2.13 bits per heavy atom. The minimum Gasteiger partial charge on any atom is -0.468 e. The molecule has 0 spiro atoms. The Morgan fingerprint density at radius 3 is 2.78 bits per heavy atom. The summed E-state index contributed by atoms with van der Waals surface area (Å²) in [5, 5.41) is 2.86. The van der Waals surface area contributed by atoms with Gasteiger partial charge in [-0.2, -0.15) is 0 Å². The predicted octanol–water partition coefficient (Wildman–Crippen LogP) is 1.84. The molecule has 2 N–H and O–H groups in total. The van der Waals surface area contributed by atoms with E-state index < -0.39 is 0 Å². The molecular formula is C17H21N3O3. The Hall–Kier alpha value is -2.34. The van der Waals surface area contributed by atoms with E-state index >= 15 is 0 Å². The third-order valence-corrected chi connectivity index (χ3v) is 4.21. The number of hydrogen-bond donors (Lipinski definition) is 2. The van der Waals surface area contributed by atoms with Crippen molar-refractivity contribution in [3.05, 3.63) is 57.9 Å². The zero-order valence-electron chi connectivity index (χ0n) is 13.2. The van der Waals surface area contributed by atoms with Gasteiger partial charge in [-0.25, -0.2) is 0 Å². The number of pyridine rings is 1. The van der Waals surface area contributed by atoms with E-state index in [-0.39, 0.29) is 23.1 Å². The van der Waals surface area contributed by atoms with Crippen molar-refractivity contribution in [1.82, 2.24) is 15.2 Å². The summed E-state index contributed by atoms with van der Waals surface area (Å²) in [5.41, 5.74) is 0.505. The summed E-state index contributed by atoms with van der Waals surface area (Å²) in [4.78, 5) is 29.1. The topological polar surface area (TPSA) is 78.3 Å². The van der Waals surface area contributed by atoms with E-state index in [0.29, 0.717) is 6.54 Å². The average molecular weight is 315 g/mol. The van der Waals surface area contributed by atoms with Crippen LogP contribution >= 0.6 is 0 Å². The van der Waals surface area contributed by atoms with Crippen LogP contribution < -0.4 is 10.9 Å². The molecule has 2 aromatic heterocycles. The van der Waals surface area contributed by atoms with Gasteiger partial charge in [0.05, 0.1) is 12.3 Å². The first-order valence-electron chi connectivity index (χ1n) is 7.91. The molecule has 6 heteroatoms. The third-order valence-electron chi connectivity index (χ3n) is 4.21. The number of H-pyrrole nitrogens is 1. The van der Waals surface area contributed by atoms with Gasteiger partial charge in [0.1, 0.15) is 11.3 Å². The van der Waals surface area contributed by atoms with Crippen molar-refractivity contribution in [2.75, 3.05) is 19.6 Å². The van der Waals surface area contributed by atoms with Crippen molar-refractivity contribution in [3.8, 4) is 0 Å². The number of aromatic nitrogens is 1. The van der Waals surface area contributed by atoms with Gasteiger partial charge in [-0.1, -0.05) is 0 Å². The molecule has 2 aromatic rings. The molecule has 1 aliphatic rings. The number of hydrogen-bond acceptors (Lipinski definition) is 4. The summed E-state index contributed by atoms with van der Waals surface area (Å²) >= 11 is 0. The van der Waals surface area contributed by atoms with Crippen molar-refractivity contribution in [1.29, 1.82) is 0 Å². The molecule has 1 amide bonds. The normalized spacial score (nSPS) is 16.4. The van der Waals surface area contributed by atoms with Crippen LogP contribution in [0.15, 0.2) is 39.7 Å². The highest BCUT2D eigenvalue weighted by atomic mass is 16.3. The summed E-state index contributed by atoms with van der Waals surface area (Å²) in [5.74, 6) is 0.479. The van der Waals surface area contributed by atoms with Gasteiger partial charge in [0.2, 0.25) is 0 Å². The van der Waals surface area contributed by atoms with Crippen LogP contribution in [0.4, 0.5) is 0 Å². The standard InChI is InChI=1S/C17H21N3O3/c1-12-6-7-13(17(22)19-12)16(21)18-11-14(15-5-4-10-23-15)20-8-2-3-9-20/h4-7,10,14H,2-3,8-9,11H2,1H3,(H,18,21)(H,19,22). The molecule has 0 aliphatic carbocycles. The number of likely N-dealkylation sites (tertiary alicyclic amines) is 1. The first-order chi connectivity index (χ1) is 11.1. The van der Waals surface area contributed by atoms with Gasteiger partial charge in [-0.05, 0) is 57.1 Å². The van der Waals surface area contributed by atoms with Crippen molar-refractivity contribution in [2.24, 2.45) is 0 Å². The van der Waals surface area contributed by atoms with Crippen LogP contribution in [0.2, 0.25) is 0 Å². The smallest absolute Gasteiger partial charge is 0.260 e. The van der Waals surface area contributed by atoms with E-state index in [9.17, 15) is 9.59 Å². The van der Waals surface area contributed by atoms with E-state index in [1.807, 2.05) is 12.1 Å². The Labute approximate surface area is 134 Å². The molecule has 1 atom stereocenters. The van der Waals surface area contributed by atoms with E-state index in [0.717, 1.165) is 37.4 Å². The van der Waals surface area contributed by atoms with Crippen LogP contribution in [0.1, 0.15) is 40.7 Å².